The van der Waals surface area contributed by atoms with Crippen LogP contribution in [0, 0.1) is 11.6 Å². The zero-order valence-electron chi connectivity index (χ0n) is 15.0. The number of hydrogen-bond acceptors (Lipinski definition) is 6. The number of aromatic nitrogens is 2. The summed E-state index contributed by atoms with van der Waals surface area (Å²) in [7, 11) is -4.25. The zero-order chi connectivity index (χ0) is 21.3. The molecule has 0 fully saturated rings. The Bertz CT molecular complexity index is 1330. The van der Waals surface area contributed by atoms with Crippen molar-refractivity contribution in [2.75, 3.05) is 4.72 Å². The van der Waals surface area contributed by atoms with E-state index in [-0.39, 0.29) is 28.3 Å². The molecule has 0 aliphatic heterocycles. The van der Waals surface area contributed by atoms with Crippen molar-refractivity contribution in [3.63, 3.8) is 0 Å². The van der Waals surface area contributed by atoms with Crippen LogP contribution >= 0.6 is 23.1 Å². The fraction of sp³-hybridized carbons (Fsp3) is 0.0526. The van der Waals surface area contributed by atoms with E-state index in [2.05, 4.69) is 14.1 Å². The number of hydrogen-bond donors (Lipinski definition) is 1. The van der Waals surface area contributed by atoms with E-state index in [4.69, 9.17) is 16.3 Å². The molecule has 1 heterocycles. The second-order valence-electron chi connectivity index (χ2n) is 6.14. The van der Waals surface area contributed by atoms with E-state index in [0.29, 0.717) is 5.39 Å². The lowest BCUT2D eigenvalue weighted by molar-refractivity contribution is 0.305. The Morgan fingerprint density at radius 3 is 2.73 bits per heavy atom. The first-order valence-corrected chi connectivity index (χ1v) is 11.1. The van der Waals surface area contributed by atoms with Crippen LogP contribution in [0.15, 0.2) is 59.8 Å². The van der Waals surface area contributed by atoms with E-state index in [1.54, 1.807) is 24.3 Å². The minimum absolute atomic E-state index is 0.00163. The van der Waals surface area contributed by atoms with Gasteiger partial charge in [-0.3, -0.25) is 4.72 Å². The van der Waals surface area contributed by atoms with E-state index in [0.717, 1.165) is 34.6 Å². The van der Waals surface area contributed by atoms with Crippen molar-refractivity contribution >= 4 is 49.1 Å². The number of ether oxygens (including phenoxy) is 1. The molecule has 154 valence electrons. The summed E-state index contributed by atoms with van der Waals surface area (Å²) in [6, 6.07) is 11.5. The summed E-state index contributed by atoms with van der Waals surface area (Å²) >= 11 is 6.95. The largest absolute Gasteiger partial charge is 0.487 e. The maximum atomic E-state index is 14.5. The predicted octanol–water partition coefficient (Wildman–Crippen LogP) is 5.00. The Morgan fingerprint density at radius 2 is 1.97 bits per heavy atom. The van der Waals surface area contributed by atoms with Gasteiger partial charge in [-0.15, -0.1) is 0 Å². The molecular formula is C19H12ClF2N3O3S2. The molecule has 0 spiro atoms. The minimum atomic E-state index is -4.25. The maximum Gasteiger partial charge on any atom is 0.266 e. The molecule has 4 aromatic rings. The average molecular weight is 468 g/mol. The molecule has 0 aliphatic carbocycles. The summed E-state index contributed by atoms with van der Waals surface area (Å²) in [5, 5.41) is 1.38. The molecule has 6 nitrogen and oxygen atoms in total. The van der Waals surface area contributed by atoms with Crippen LogP contribution in [-0.2, 0) is 16.6 Å². The van der Waals surface area contributed by atoms with Crippen molar-refractivity contribution in [1.82, 2.24) is 9.36 Å². The molecular weight excluding hydrogens is 456 g/mol. The molecule has 0 amide bonds. The molecule has 0 radical (unpaired) electrons. The quantitative estimate of drug-likeness (QED) is 0.431. The Morgan fingerprint density at radius 1 is 1.13 bits per heavy atom. The molecule has 0 saturated heterocycles. The zero-order valence-corrected chi connectivity index (χ0v) is 17.4. The molecule has 1 aromatic heterocycles. The number of anilines is 1. The number of fused-ring (bicyclic) bond motifs is 1. The van der Waals surface area contributed by atoms with Crippen LogP contribution < -0.4 is 9.46 Å². The monoisotopic (exact) mass is 467 g/mol. The van der Waals surface area contributed by atoms with Gasteiger partial charge in [-0.2, -0.15) is 4.37 Å². The van der Waals surface area contributed by atoms with Gasteiger partial charge in [-0.05, 0) is 34.5 Å². The van der Waals surface area contributed by atoms with Gasteiger partial charge in [0.05, 0.1) is 5.02 Å². The van der Waals surface area contributed by atoms with Gasteiger partial charge >= 0.3 is 0 Å². The summed E-state index contributed by atoms with van der Waals surface area (Å²) < 4.78 is 64.2. The Hall–Kier alpha value is -2.82. The van der Waals surface area contributed by atoms with Gasteiger partial charge < -0.3 is 4.74 Å². The molecule has 11 heteroatoms. The van der Waals surface area contributed by atoms with Gasteiger partial charge in [0.15, 0.2) is 0 Å². The van der Waals surface area contributed by atoms with Gasteiger partial charge in [0.2, 0.25) is 5.13 Å². The number of sulfonamides is 1. The number of nitrogens with one attached hydrogen (secondary N) is 1. The number of benzene rings is 3. The normalized spacial score (nSPS) is 11.6. The molecule has 0 aliphatic rings. The first-order chi connectivity index (χ1) is 14.3. The van der Waals surface area contributed by atoms with Crippen LogP contribution in [0.2, 0.25) is 5.02 Å². The van der Waals surface area contributed by atoms with Gasteiger partial charge in [-0.1, -0.05) is 35.9 Å². The van der Waals surface area contributed by atoms with Crippen LogP contribution in [0.1, 0.15) is 5.56 Å². The van der Waals surface area contributed by atoms with Gasteiger partial charge in [-0.25, -0.2) is 22.2 Å². The van der Waals surface area contributed by atoms with Crippen molar-refractivity contribution in [3.05, 3.63) is 77.1 Å². The lowest BCUT2D eigenvalue weighted by Crippen LogP contribution is -2.14. The van der Waals surface area contributed by atoms with Crippen LogP contribution in [-0.4, -0.2) is 17.8 Å². The molecule has 0 bridgehead atoms. The standard InChI is InChI=1S/C19H12ClF2N3O3S2/c20-15-7-18(30(26,27)25-19-23-10-24-29-19)16(22)8-17(15)28-9-12-3-1-2-11-6-13(21)4-5-14(11)12/h1-8,10H,9H2,(H,23,24,25). The molecule has 3 aromatic carbocycles. The molecule has 0 saturated carbocycles. The van der Waals surface area contributed by atoms with Gasteiger partial charge in [0, 0.05) is 17.6 Å². The SMILES string of the molecule is O=S(=O)(Nc1ncns1)c1cc(Cl)c(OCc2cccc3cc(F)ccc23)cc1F. The van der Waals surface area contributed by atoms with Crippen molar-refractivity contribution in [2.24, 2.45) is 0 Å². The van der Waals surface area contributed by atoms with Crippen molar-refractivity contribution < 1.29 is 21.9 Å². The summed E-state index contributed by atoms with van der Waals surface area (Å²) in [5.41, 5.74) is 0.735. The second-order valence-corrected chi connectivity index (χ2v) is 8.97. The van der Waals surface area contributed by atoms with Crippen LogP contribution in [0.3, 0.4) is 0 Å². The highest BCUT2D eigenvalue weighted by molar-refractivity contribution is 7.93. The van der Waals surface area contributed by atoms with Crippen molar-refractivity contribution in [3.8, 4) is 5.75 Å². The first kappa shape index (κ1) is 20.5. The molecule has 0 atom stereocenters. The fourth-order valence-electron chi connectivity index (χ4n) is 2.82. The topological polar surface area (TPSA) is 81.2 Å². The highest BCUT2D eigenvalue weighted by Crippen LogP contribution is 2.32. The average Bonchev–Trinajstić information content (AvgIpc) is 3.20. The Labute approximate surface area is 179 Å². The second kappa shape index (κ2) is 8.13. The Kier molecular flexibility index (Phi) is 5.54. The Balaban J connectivity index is 1.59. The highest BCUT2D eigenvalue weighted by atomic mass is 35.5. The van der Waals surface area contributed by atoms with E-state index in [1.807, 2.05) is 0 Å². The van der Waals surface area contributed by atoms with E-state index in [9.17, 15) is 17.2 Å². The number of halogens is 3. The van der Waals surface area contributed by atoms with E-state index in [1.165, 1.54) is 18.5 Å². The van der Waals surface area contributed by atoms with Crippen molar-refractivity contribution in [2.45, 2.75) is 11.5 Å². The third-order valence-corrected chi connectivity index (χ3v) is 6.53. The third-order valence-electron chi connectivity index (χ3n) is 4.17. The molecule has 0 unspecified atom stereocenters. The van der Waals surface area contributed by atoms with Gasteiger partial charge in [0.25, 0.3) is 10.0 Å². The number of nitrogens with zero attached hydrogens (tertiary/aromatic N) is 2. The first-order valence-electron chi connectivity index (χ1n) is 8.42. The highest BCUT2D eigenvalue weighted by Gasteiger charge is 2.23. The van der Waals surface area contributed by atoms with Gasteiger partial charge in [0.1, 0.15) is 35.2 Å². The third kappa shape index (κ3) is 4.20. The molecule has 30 heavy (non-hydrogen) atoms. The van der Waals surface area contributed by atoms with E-state index < -0.39 is 20.7 Å². The van der Waals surface area contributed by atoms with Crippen LogP contribution in [0.25, 0.3) is 10.8 Å². The summed E-state index contributed by atoms with van der Waals surface area (Å²) in [4.78, 5) is 3.06. The minimum Gasteiger partial charge on any atom is -0.487 e. The van der Waals surface area contributed by atoms with Crippen LogP contribution in [0.4, 0.5) is 13.9 Å². The predicted molar refractivity (Wildman–Crippen MR) is 110 cm³/mol. The van der Waals surface area contributed by atoms with Crippen molar-refractivity contribution in [1.29, 1.82) is 0 Å². The molecule has 4 rings (SSSR count). The lowest BCUT2D eigenvalue weighted by atomic mass is 10.1. The molecule has 1 N–H and O–H groups in total. The smallest absolute Gasteiger partial charge is 0.266 e. The summed E-state index contributed by atoms with van der Waals surface area (Å²) in [6.45, 7) is 0.0251. The summed E-state index contributed by atoms with van der Waals surface area (Å²) in [6.07, 6.45) is 1.17. The summed E-state index contributed by atoms with van der Waals surface area (Å²) in [5.74, 6) is -1.42. The lowest BCUT2D eigenvalue weighted by Gasteiger charge is -2.13. The fourth-order valence-corrected chi connectivity index (χ4v) is 4.85. The van der Waals surface area contributed by atoms with E-state index >= 15 is 0 Å². The van der Waals surface area contributed by atoms with Crippen LogP contribution in [0.5, 0.6) is 5.75 Å². The number of rotatable bonds is 6. The maximum absolute atomic E-state index is 14.5.